The number of hydrogen-bond donors (Lipinski definition) is 2. The van der Waals surface area contributed by atoms with Crippen molar-refractivity contribution < 1.29 is 4.79 Å². The Kier molecular flexibility index (Phi) is 3.32. The van der Waals surface area contributed by atoms with Crippen LogP contribution in [0.2, 0.25) is 0 Å². The highest BCUT2D eigenvalue weighted by molar-refractivity contribution is 7.13. The maximum absolute atomic E-state index is 12.1. The Labute approximate surface area is 123 Å². The molecular weight excluding hydrogens is 290 g/mol. The maximum atomic E-state index is 12.1. The van der Waals surface area contributed by atoms with E-state index in [2.05, 4.69) is 25.8 Å². The Morgan fingerprint density at radius 1 is 1.43 bits per heavy atom. The molecule has 3 rings (SSSR count). The Balaban J connectivity index is 1.88. The summed E-state index contributed by atoms with van der Waals surface area (Å²) in [4.78, 5) is 16.1. The Hall–Kier alpha value is -2.81. The number of nitrogens with zero attached hydrogens (tertiary/aromatic N) is 5. The number of aryl methyl sites for hydroxylation is 1. The van der Waals surface area contributed by atoms with Crippen LogP contribution in [0.4, 0.5) is 10.8 Å². The van der Waals surface area contributed by atoms with Crippen molar-refractivity contribution in [1.82, 2.24) is 25.2 Å². The van der Waals surface area contributed by atoms with Gasteiger partial charge in [-0.3, -0.25) is 4.79 Å². The number of hydrogen-bond acceptors (Lipinski definition) is 7. The standard InChI is InChI=1S/C12H11N7OS/c1-7-2-3-8(19-6-14-17-18-19)4-9(7)15-11(20)10-5-21-12(13)16-10/h2-6H,1H3,(H2,13,16)(H,15,20). The van der Waals surface area contributed by atoms with E-state index in [1.54, 1.807) is 11.4 Å². The van der Waals surface area contributed by atoms with Crippen LogP contribution in [-0.2, 0) is 0 Å². The predicted molar refractivity (Wildman–Crippen MR) is 78.4 cm³/mol. The van der Waals surface area contributed by atoms with E-state index in [-0.39, 0.29) is 5.91 Å². The molecule has 106 valence electrons. The highest BCUT2D eigenvalue weighted by Crippen LogP contribution is 2.20. The zero-order chi connectivity index (χ0) is 14.8. The molecule has 0 fully saturated rings. The number of nitrogen functional groups attached to an aromatic ring is 1. The van der Waals surface area contributed by atoms with Crippen molar-refractivity contribution in [3.8, 4) is 5.69 Å². The zero-order valence-electron chi connectivity index (χ0n) is 11.0. The van der Waals surface area contributed by atoms with E-state index >= 15 is 0 Å². The number of nitrogens with one attached hydrogen (secondary N) is 1. The van der Waals surface area contributed by atoms with Crippen LogP contribution < -0.4 is 11.1 Å². The molecule has 0 saturated heterocycles. The quantitative estimate of drug-likeness (QED) is 0.753. The molecule has 0 unspecified atom stereocenters. The van der Waals surface area contributed by atoms with Gasteiger partial charge in [0, 0.05) is 11.1 Å². The number of anilines is 2. The second kappa shape index (κ2) is 5.29. The molecule has 9 heteroatoms. The van der Waals surface area contributed by atoms with Crippen LogP contribution >= 0.6 is 11.3 Å². The van der Waals surface area contributed by atoms with Crippen molar-refractivity contribution in [2.45, 2.75) is 6.92 Å². The lowest BCUT2D eigenvalue weighted by molar-refractivity contribution is 0.102. The first-order valence-corrected chi connectivity index (χ1v) is 6.88. The highest BCUT2D eigenvalue weighted by Gasteiger charge is 2.12. The van der Waals surface area contributed by atoms with Gasteiger partial charge in [0.2, 0.25) is 0 Å². The van der Waals surface area contributed by atoms with E-state index < -0.39 is 0 Å². The molecule has 2 heterocycles. The van der Waals surface area contributed by atoms with Gasteiger partial charge in [-0.1, -0.05) is 6.07 Å². The lowest BCUT2D eigenvalue weighted by atomic mass is 10.1. The van der Waals surface area contributed by atoms with Gasteiger partial charge in [-0.05, 0) is 35.0 Å². The smallest absolute Gasteiger partial charge is 0.275 e. The van der Waals surface area contributed by atoms with Gasteiger partial charge in [0.15, 0.2) is 5.13 Å². The van der Waals surface area contributed by atoms with Crippen molar-refractivity contribution >= 4 is 28.1 Å². The molecule has 8 nitrogen and oxygen atoms in total. The van der Waals surface area contributed by atoms with E-state index in [1.165, 1.54) is 22.3 Å². The average molecular weight is 301 g/mol. The highest BCUT2D eigenvalue weighted by atomic mass is 32.1. The first-order valence-electron chi connectivity index (χ1n) is 6.00. The lowest BCUT2D eigenvalue weighted by Gasteiger charge is -2.09. The summed E-state index contributed by atoms with van der Waals surface area (Å²) in [6, 6.07) is 5.53. The van der Waals surface area contributed by atoms with Crippen LogP contribution in [0.3, 0.4) is 0 Å². The predicted octanol–water partition coefficient (Wildman–Crippen LogP) is 1.26. The van der Waals surface area contributed by atoms with E-state index in [1.807, 2.05) is 19.1 Å². The van der Waals surface area contributed by atoms with Crippen molar-refractivity contribution in [1.29, 1.82) is 0 Å². The minimum atomic E-state index is -0.306. The fourth-order valence-corrected chi connectivity index (χ4v) is 2.29. The molecule has 0 saturated carbocycles. The molecule has 0 aliphatic heterocycles. The van der Waals surface area contributed by atoms with Crippen LogP contribution in [0.1, 0.15) is 16.1 Å². The Bertz CT molecular complexity index is 781. The first-order chi connectivity index (χ1) is 10.1. The average Bonchev–Trinajstić information content (AvgIpc) is 3.12. The summed E-state index contributed by atoms with van der Waals surface area (Å²) < 4.78 is 1.51. The molecule has 3 N–H and O–H groups in total. The Morgan fingerprint density at radius 2 is 2.29 bits per heavy atom. The minimum Gasteiger partial charge on any atom is -0.375 e. The van der Waals surface area contributed by atoms with Gasteiger partial charge in [-0.25, -0.2) is 9.67 Å². The van der Waals surface area contributed by atoms with Crippen LogP contribution in [0, 0.1) is 6.92 Å². The monoisotopic (exact) mass is 301 g/mol. The number of thiazole rings is 1. The number of carbonyl (C=O) groups excluding carboxylic acids is 1. The molecule has 21 heavy (non-hydrogen) atoms. The van der Waals surface area contributed by atoms with Gasteiger partial charge in [0.25, 0.3) is 5.91 Å². The summed E-state index contributed by atoms with van der Waals surface area (Å²) in [7, 11) is 0. The van der Waals surface area contributed by atoms with Crippen LogP contribution in [-0.4, -0.2) is 31.1 Å². The third kappa shape index (κ3) is 2.72. The maximum Gasteiger partial charge on any atom is 0.275 e. The summed E-state index contributed by atoms with van der Waals surface area (Å²) in [5.41, 5.74) is 8.16. The molecular formula is C12H11N7OS. The fourth-order valence-electron chi connectivity index (χ4n) is 1.75. The van der Waals surface area contributed by atoms with Crippen molar-refractivity contribution in [2.24, 2.45) is 0 Å². The largest absolute Gasteiger partial charge is 0.375 e. The molecule has 0 bridgehead atoms. The number of nitrogens with two attached hydrogens (primary N) is 1. The SMILES string of the molecule is Cc1ccc(-n2cnnn2)cc1NC(=O)c1csc(N)n1. The van der Waals surface area contributed by atoms with Gasteiger partial charge in [0.1, 0.15) is 12.0 Å². The lowest BCUT2D eigenvalue weighted by Crippen LogP contribution is -2.13. The molecule has 0 aliphatic carbocycles. The number of benzene rings is 1. The van der Waals surface area contributed by atoms with E-state index in [0.717, 1.165) is 11.3 Å². The van der Waals surface area contributed by atoms with Crippen molar-refractivity contribution in [3.05, 3.63) is 41.2 Å². The second-order valence-corrected chi connectivity index (χ2v) is 5.17. The third-order valence-electron chi connectivity index (χ3n) is 2.84. The first kappa shape index (κ1) is 13.2. The van der Waals surface area contributed by atoms with Crippen LogP contribution in [0.5, 0.6) is 0 Å². The normalized spacial score (nSPS) is 10.5. The van der Waals surface area contributed by atoms with Crippen molar-refractivity contribution in [2.75, 3.05) is 11.1 Å². The molecule has 1 aromatic carbocycles. The number of amides is 1. The summed E-state index contributed by atoms with van der Waals surface area (Å²) in [5, 5.41) is 15.8. The molecule has 2 aromatic heterocycles. The number of tetrazole rings is 1. The summed E-state index contributed by atoms with van der Waals surface area (Å²) in [6.45, 7) is 1.90. The van der Waals surface area contributed by atoms with Gasteiger partial charge < -0.3 is 11.1 Å². The number of rotatable bonds is 3. The van der Waals surface area contributed by atoms with E-state index in [0.29, 0.717) is 16.5 Å². The molecule has 0 atom stereocenters. The number of aromatic nitrogens is 5. The van der Waals surface area contributed by atoms with Gasteiger partial charge in [-0.2, -0.15) is 0 Å². The van der Waals surface area contributed by atoms with Gasteiger partial charge >= 0.3 is 0 Å². The third-order valence-corrected chi connectivity index (χ3v) is 3.51. The van der Waals surface area contributed by atoms with E-state index in [4.69, 9.17) is 5.73 Å². The molecule has 0 aliphatic rings. The summed E-state index contributed by atoms with van der Waals surface area (Å²) in [6.07, 6.45) is 1.48. The van der Waals surface area contributed by atoms with Gasteiger partial charge in [-0.15, -0.1) is 16.4 Å². The minimum absolute atomic E-state index is 0.296. The number of carbonyl (C=O) groups is 1. The fraction of sp³-hybridized carbons (Fsp3) is 0.0833. The van der Waals surface area contributed by atoms with Crippen molar-refractivity contribution in [3.63, 3.8) is 0 Å². The van der Waals surface area contributed by atoms with Gasteiger partial charge in [0.05, 0.1) is 5.69 Å². The summed E-state index contributed by atoms with van der Waals surface area (Å²) >= 11 is 1.22. The molecule has 0 radical (unpaired) electrons. The van der Waals surface area contributed by atoms with Crippen LogP contribution in [0.15, 0.2) is 29.9 Å². The van der Waals surface area contributed by atoms with E-state index in [9.17, 15) is 4.79 Å². The second-order valence-electron chi connectivity index (χ2n) is 4.28. The molecule has 0 spiro atoms. The summed E-state index contributed by atoms with van der Waals surface area (Å²) in [5.74, 6) is -0.306. The molecule has 3 aromatic rings. The Morgan fingerprint density at radius 3 is 2.95 bits per heavy atom. The van der Waals surface area contributed by atoms with Crippen LogP contribution in [0.25, 0.3) is 5.69 Å². The molecule has 1 amide bonds. The topological polar surface area (TPSA) is 112 Å². The zero-order valence-corrected chi connectivity index (χ0v) is 11.8.